The summed E-state index contributed by atoms with van der Waals surface area (Å²) in [5.41, 5.74) is -4.12. The SMILES string of the molecule is CCCCOC(=O)[C@H]1O[C@@H](O[C@H]2CC[C@]3(C)[C@H]4CC=C5[C@@H]6CC(C)(C)[C@@H](OC(=O)/C=C\c7ccccc7)[C@H](OC(=O)C(C)CC)[C@]6(CO)[C@H](O)[C@H](O)[C@@]5(C)[C@]4(C)CC[C@H]3C2(C)C)[C@H](O[C@@H]2O[C@H](CO)[C@@H](O)[C@H](O)[C@H]2O)[C@@H](O)[C@@H]1O[C@@H]1OC[C@H](O)[C@H](O)[C@H]1O. The zero-order chi connectivity index (χ0) is 64.4. The van der Waals surface area contributed by atoms with Gasteiger partial charge in [-0.15, -0.1) is 0 Å². The number of ether oxygens (including phenoxy) is 9. The summed E-state index contributed by atoms with van der Waals surface area (Å²) in [6.45, 7) is 17.8. The van der Waals surface area contributed by atoms with Crippen LogP contribution in [0.25, 0.3) is 6.08 Å². The van der Waals surface area contributed by atoms with Gasteiger partial charge < -0.3 is 98.8 Å². The van der Waals surface area contributed by atoms with Gasteiger partial charge in [-0.2, -0.15) is 0 Å². The van der Waals surface area contributed by atoms with Gasteiger partial charge in [-0.3, -0.25) is 4.79 Å². The van der Waals surface area contributed by atoms with Crippen molar-refractivity contribution in [1.29, 1.82) is 0 Å². The molecule has 0 radical (unpaired) electrons. The van der Waals surface area contributed by atoms with Crippen molar-refractivity contribution in [2.45, 2.75) is 244 Å². The van der Waals surface area contributed by atoms with Crippen LogP contribution in [0.2, 0.25) is 0 Å². The van der Waals surface area contributed by atoms with E-state index < -0.39 is 199 Å². The Kier molecular flexibility index (Phi) is 20.7. The molecule has 23 nitrogen and oxygen atoms in total. The van der Waals surface area contributed by atoms with Gasteiger partial charge in [0.05, 0.1) is 56.1 Å². The van der Waals surface area contributed by atoms with E-state index in [1.807, 2.05) is 65.0 Å². The average Bonchev–Trinajstić information content (AvgIpc) is 0.686. The molecule has 23 heteroatoms. The molecule has 88 heavy (non-hydrogen) atoms. The summed E-state index contributed by atoms with van der Waals surface area (Å²) in [6, 6.07) is 9.20. The van der Waals surface area contributed by atoms with E-state index in [4.69, 9.17) is 42.6 Å². The van der Waals surface area contributed by atoms with Gasteiger partial charge in [0.2, 0.25) is 0 Å². The number of carbonyl (C=O) groups excluding carboxylic acids is 3. The summed E-state index contributed by atoms with van der Waals surface area (Å²) in [7, 11) is 0. The number of unbranched alkanes of at least 4 members (excludes halogenated alkanes) is 1. The second kappa shape index (κ2) is 26.4. The smallest absolute Gasteiger partial charge is 0.338 e. The topological polar surface area (TPSA) is 357 Å². The van der Waals surface area contributed by atoms with Crippen LogP contribution in [-0.4, -0.2) is 217 Å². The summed E-state index contributed by atoms with van der Waals surface area (Å²) >= 11 is 0. The molecule has 8 aliphatic rings. The van der Waals surface area contributed by atoms with Gasteiger partial charge in [-0.05, 0) is 97.0 Å². The molecule has 11 N–H and O–H groups in total. The number of benzene rings is 1. The number of hydrogen-bond donors (Lipinski definition) is 11. The minimum absolute atomic E-state index is 0.0513. The van der Waals surface area contributed by atoms with Crippen molar-refractivity contribution in [3.05, 3.63) is 53.6 Å². The molecule has 7 fully saturated rings. The first-order chi connectivity index (χ1) is 41.4. The van der Waals surface area contributed by atoms with Crippen molar-refractivity contribution in [3.63, 3.8) is 0 Å². The highest BCUT2D eigenvalue weighted by Crippen LogP contribution is 2.76. The van der Waals surface area contributed by atoms with E-state index >= 15 is 0 Å². The van der Waals surface area contributed by atoms with Gasteiger partial charge in [-0.25, -0.2) is 9.59 Å². The highest BCUT2D eigenvalue weighted by molar-refractivity contribution is 5.87. The highest BCUT2D eigenvalue weighted by Gasteiger charge is 2.76. The van der Waals surface area contributed by atoms with Gasteiger partial charge >= 0.3 is 17.9 Å². The number of esters is 3. The first-order valence-electron chi connectivity index (χ1n) is 31.7. The molecule has 3 aliphatic heterocycles. The molecule has 0 bridgehead atoms. The molecule has 0 aromatic heterocycles. The fourth-order valence-corrected chi connectivity index (χ4v) is 17.2. The Bertz CT molecular complexity index is 2650. The fraction of sp³-hybridized carbons (Fsp3) is 0.800. The summed E-state index contributed by atoms with van der Waals surface area (Å²) in [5.74, 6) is -3.80. The molecule has 3 saturated heterocycles. The second-order valence-electron chi connectivity index (χ2n) is 28.4. The van der Waals surface area contributed by atoms with Crippen LogP contribution in [0.3, 0.4) is 0 Å². The third-order valence-corrected chi connectivity index (χ3v) is 22.8. The predicted octanol–water partition coefficient (Wildman–Crippen LogP) is 2.35. The maximum Gasteiger partial charge on any atom is 0.338 e. The van der Waals surface area contributed by atoms with Gasteiger partial charge in [0.15, 0.2) is 31.1 Å². The number of aliphatic hydroxyl groups excluding tert-OH is 11. The molecule has 496 valence electrons. The lowest BCUT2D eigenvalue weighted by Gasteiger charge is -2.73. The third kappa shape index (κ3) is 11.8. The molecule has 1 aromatic rings. The van der Waals surface area contributed by atoms with E-state index in [1.54, 1.807) is 13.0 Å². The van der Waals surface area contributed by atoms with Crippen LogP contribution in [0.1, 0.15) is 133 Å². The minimum Gasteiger partial charge on any atom is -0.464 e. The molecule has 1 unspecified atom stereocenters. The molecule has 4 saturated carbocycles. The van der Waals surface area contributed by atoms with Gasteiger partial charge in [0.1, 0.15) is 67.1 Å². The van der Waals surface area contributed by atoms with Crippen molar-refractivity contribution in [2.24, 2.45) is 56.2 Å². The molecule has 0 spiro atoms. The van der Waals surface area contributed by atoms with Crippen LogP contribution in [-0.2, 0) is 57.0 Å². The maximum atomic E-state index is 14.2. The molecule has 9 rings (SSSR count). The standard InChI is InChI=1S/C65H98O23/c1-11-13-27-80-56(79)50-48(85-57-45(73)42(70)36(68)30-81-57)47(75)49(86-58-46(74)44(72)43(71)37(29-66)82-58)59(87-50)83-40-24-25-62(8)38(61(40,6)7)23-26-63(9)39(62)21-20-34-35-28-60(4,5)53(84-41(69)22-19-33-17-15-14-16-18-33)54(88-55(78)32(3)12-2)65(35,31-67)52(77)51(76)64(34,63)10/h14-20,22,32,35-40,42-54,57-59,66-68,70-77H,11-13,21,23-31H2,1-10H3/b22-19-/t32?,35-,36-,37+,38-,39+,40-,42-,43+,44-,45+,46+,47-,48-,49+,50-,51-,52+,53-,54-,57-,58-,59+,62-,63+,64-,65-/m0/s1. The summed E-state index contributed by atoms with van der Waals surface area (Å²) < 4.78 is 55.6. The quantitative estimate of drug-likeness (QED) is 0.0251. The normalized spacial score (nSPS) is 45.8. The first kappa shape index (κ1) is 68.8. The van der Waals surface area contributed by atoms with E-state index in [-0.39, 0.29) is 24.9 Å². The summed E-state index contributed by atoms with van der Waals surface area (Å²) in [4.78, 5) is 42.1. The Hall–Kier alpha value is -3.57. The lowest BCUT2D eigenvalue weighted by Crippen LogP contribution is -2.76. The Morgan fingerprint density at radius 1 is 0.727 bits per heavy atom. The largest absolute Gasteiger partial charge is 0.464 e. The Labute approximate surface area is 515 Å². The Morgan fingerprint density at radius 3 is 2.07 bits per heavy atom. The van der Waals surface area contributed by atoms with Gasteiger partial charge in [0.25, 0.3) is 0 Å². The minimum atomic E-state index is -1.99. The fourth-order valence-electron chi connectivity index (χ4n) is 17.2. The van der Waals surface area contributed by atoms with Gasteiger partial charge in [0, 0.05) is 16.9 Å². The van der Waals surface area contributed by atoms with Crippen molar-refractivity contribution in [2.75, 3.05) is 26.4 Å². The summed E-state index contributed by atoms with van der Waals surface area (Å²) in [5, 5.41) is 126. The Morgan fingerprint density at radius 2 is 1.41 bits per heavy atom. The van der Waals surface area contributed by atoms with Crippen molar-refractivity contribution in [1.82, 2.24) is 0 Å². The van der Waals surface area contributed by atoms with Crippen LogP contribution in [0.4, 0.5) is 0 Å². The maximum absolute atomic E-state index is 14.2. The zero-order valence-electron chi connectivity index (χ0n) is 52.4. The summed E-state index contributed by atoms with van der Waals surface area (Å²) in [6.07, 6.45) is -21.9. The first-order valence-corrected chi connectivity index (χ1v) is 31.7. The van der Waals surface area contributed by atoms with Crippen LogP contribution < -0.4 is 0 Å². The number of aliphatic hydroxyl groups is 11. The Balaban J connectivity index is 1.04. The lowest BCUT2D eigenvalue weighted by molar-refractivity contribution is -0.388. The van der Waals surface area contributed by atoms with E-state index in [2.05, 4.69) is 33.8 Å². The predicted molar refractivity (Wildman–Crippen MR) is 311 cm³/mol. The second-order valence-corrected chi connectivity index (χ2v) is 28.4. The van der Waals surface area contributed by atoms with Crippen LogP contribution >= 0.6 is 0 Å². The van der Waals surface area contributed by atoms with E-state index in [1.165, 1.54) is 6.08 Å². The van der Waals surface area contributed by atoms with Gasteiger partial charge in [-0.1, -0.05) is 118 Å². The van der Waals surface area contributed by atoms with Crippen molar-refractivity contribution >= 4 is 24.0 Å². The molecule has 5 aliphatic carbocycles. The third-order valence-electron chi connectivity index (χ3n) is 22.8. The molecular weight excluding hydrogens is 1150 g/mol. The average molecular weight is 1250 g/mol. The number of rotatable bonds is 18. The van der Waals surface area contributed by atoms with Crippen LogP contribution in [0.15, 0.2) is 48.1 Å². The zero-order valence-corrected chi connectivity index (χ0v) is 52.4. The lowest BCUT2D eigenvalue weighted by atomic mass is 9.32. The van der Waals surface area contributed by atoms with E-state index in [0.29, 0.717) is 51.4 Å². The number of fused-ring (bicyclic) bond motifs is 7. The monoisotopic (exact) mass is 1250 g/mol. The van der Waals surface area contributed by atoms with Crippen molar-refractivity contribution in [3.8, 4) is 0 Å². The van der Waals surface area contributed by atoms with Crippen molar-refractivity contribution < 1.29 is 113 Å². The van der Waals surface area contributed by atoms with Crippen LogP contribution in [0, 0.1) is 56.2 Å². The van der Waals surface area contributed by atoms with E-state index in [9.17, 15) is 70.6 Å². The number of carbonyl (C=O) groups is 3. The highest BCUT2D eigenvalue weighted by atomic mass is 16.8. The van der Waals surface area contributed by atoms with Crippen LogP contribution in [0.5, 0.6) is 0 Å². The molecular formula is C65H98O23. The number of hydrogen-bond acceptors (Lipinski definition) is 23. The molecule has 0 amide bonds. The molecule has 27 atom stereocenters. The molecule has 3 heterocycles. The number of allylic oxidation sites excluding steroid dienone is 1. The molecule has 1 aromatic carbocycles. The van der Waals surface area contributed by atoms with E-state index in [0.717, 1.165) is 11.1 Å².